The largest absolute Gasteiger partial charge is 0.465 e. The number of esters is 1. The van der Waals surface area contributed by atoms with Crippen LogP contribution in [0.5, 0.6) is 0 Å². The smallest absolute Gasteiger partial charge is 0.435 e. The first kappa shape index (κ1) is 16.0. The predicted molar refractivity (Wildman–Crippen MR) is 70.6 cm³/mol. The fourth-order valence-corrected chi connectivity index (χ4v) is 1.89. The number of halogens is 3. The van der Waals surface area contributed by atoms with Crippen LogP contribution in [0.2, 0.25) is 0 Å². The third-order valence-corrected chi connectivity index (χ3v) is 2.90. The number of nitrogens with zero attached hydrogens (tertiary/aromatic N) is 2. The average molecular weight is 314 g/mol. The molecule has 0 aliphatic rings. The summed E-state index contributed by atoms with van der Waals surface area (Å²) in [4.78, 5) is 11.4. The Morgan fingerprint density at radius 2 is 1.86 bits per heavy atom. The predicted octanol–water partition coefficient (Wildman–Crippen LogP) is 2.82. The summed E-state index contributed by atoms with van der Waals surface area (Å²) in [6, 6.07) is 6.80. The van der Waals surface area contributed by atoms with E-state index in [1.165, 1.54) is 38.5 Å². The molecule has 0 unspecified atom stereocenters. The number of methoxy groups -OCH3 is 2. The van der Waals surface area contributed by atoms with Crippen molar-refractivity contribution in [2.75, 3.05) is 14.2 Å². The molecule has 118 valence electrons. The molecule has 0 N–H and O–H groups in total. The van der Waals surface area contributed by atoms with E-state index in [0.717, 1.165) is 10.7 Å². The van der Waals surface area contributed by atoms with Crippen molar-refractivity contribution < 1.29 is 27.4 Å². The van der Waals surface area contributed by atoms with E-state index in [9.17, 15) is 18.0 Å². The standard InChI is InChI=1S/C14H13F3N2O3/c1-21-8-11-7-12(14(15,16)17)18-19(11)10-5-3-9(4-6-10)13(20)22-2/h3-7H,8H2,1-2H3. The second-order valence-corrected chi connectivity index (χ2v) is 4.40. The van der Waals surface area contributed by atoms with Crippen LogP contribution in [0.25, 0.3) is 5.69 Å². The molecule has 0 saturated carbocycles. The van der Waals surface area contributed by atoms with Gasteiger partial charge in [0.05, 0.1) is 30.7 Å². The Kier molecular flexibility index (Phi) is 4.51. The molecule has 0 fully saturated rings. The van der Waals surface area contributed by atoms with E-state index in [4.69, 9.17) is 4.74 Å². The van der Waals surface area contributed by atoms with Crippen LogP contribution in [0.4, 0.5) is 13.2 Å². The topological polar surface area (TPSA) is 53.4 Å². The number of carbonyl (C=O) groups excluding carboxylic acids is 1. The maximum atomic E-state index is 12.8. The van der Waals surface area contributed by atoms with E-state index in [1.54, 1.807) is 0 Å². The Labute approximate surface area is 124 Å². The van der Waals surface area contributed by atoms with E-state index < -0.39 is 17.8 Å². The molecule has 1 aromatic heterocycles. The third-order valence-electron chi connectivity index (χ3n) is 2.90. The van der Waals surface area contributed by atoms with Crippen LogP contribution in [-0.2, 0) is 22.3 Å². The van der Waals surface area contributed by atoms with E-state index in [2.05, 4.69) is 9.84 Å². The van der Waals surface area contributed by atoms with Gasteiger partial charge in [0.1, 0.15) is 0 Å². The molecular weight excluding hydrogens is 301 g/mol. The van der Waals surface area contributed by atoms with Gasteiger partial charge in [-0.1, -0.05) is 0 Å². The van der Waals surface area contributed by atoms with Crippen LogP contribution in [-0.4, -0.2) is 30.0 Å². The van der Waals surface area contributed by atoms with Gasteiger partial charge in [0, 0.05) is 7.11 Å². The summed E-state index contributed by atoms with van der Waals surface area (Å²) in [6.45, 7) is -0.0260. The van der Waals surface area contributed by atoms with Gasteiger partial charge in [-0.15, -0.1) is 0 Å². The normalized spacial score (nSPS) is 11.5. The van der Waals surface area contributed by atoms with Crippen LogP contribution in [0.1, 0.15) is 21.7 Å². The van der Waals surface area contributed by atoms with Crippen molar-refractivity contribution in [2.45, 2.75) is 12.8 Å². The van der Waals surface area contributed by atoms with Crippen molar-refractivity contribution in [2.24, 2.45) is 0 Å². The minimum Gasteiger partial charge on any atom is -0.465 e. The van der Waals surface area contributed by atoms with Crippen molar-refractivity contribution in [1.82, 2.24) is 9.78 Å². The molecular formula is C14H13F3N2O3. The Bertz CT molecular complexity index is 663. The highest BCUT2D eigenvalue weighted by atomic mass is 19.4. The number of hydrogen-bond acceptors (Lipinski definition) is 4. The lowest BCUT2D eigenvalue weighted by atomic mass is 10.2. The number of rotatable bonds is 4. The Balaban J connectivity index is 2.42. The first-order valence-corrected chi connectivity index (χ1v) is 6.20. The molecule has 0 bridgehead atoms. The Morgan fingerprint density at radius 3 is 2.36 bits per heavy atom. The maximum absolute atomic E-state index is 12.8. The quantitative estimate of drug-likeness (QED) is 0.814. The van der Waals surface area contributed by atoms with Crippen molar-refractivity contribution >= 4 is 5.97 Å². The van der Waals surface area contributed by atoms with Crippen molar-refractivity contribution in [3.05, 3.63) is 47.3 Å². The van der Waals surface area contributed by atoms with Gasteiger partial charge in [-0.05, 0) is 30.3 Å². The molecule has 0 aliphatic carbocycles. The Hall–Kier alpha value is -2.35. The van der Waals surface area contributed by atoms with Gasteiger partial charge in [0.15, 0.2) is 5.69 Å². The lowest BCUT2D eigenvalue weighted by Gasteiger charge is -2.07. The van der Waals surface area contributed by atoms with Gasteiger partial charge in [-0.3, -0.25) is 0 Å². The van der Waals surface area contributed by atoms with Crippen molar-refractivity contribution in [3.63, 3.8) is 0 Å². The zero-order valence-electron chi connectivity index (χ0n) is 11.8. The number of carbonyl (C=O) groups is 1. The molecule has 22 heavy (non-hydrogen) atoms. The van der Waals surface area contributed by atoms with Crippen LogP contribution < -0.4 is 0 Å². The van der Waals surface area contributed by atoms with Crippen LogP contribution in [0, 0.1) is 0 Å². The molecule has 1 heterocycles. The lowest BCUT2D eigenvalue weighted by molar-refractivity contribution is -0.141. The second kappa shape index (κ2) is 6.18. The van der Waals surface area contributed by atoms with Gasteiger partial charge in [0.2, 0.25) is 0 Å². The first-order chi connectivity index (χ1) is 10.4. The van der Waals surface area contributed by atoms with Gasteiger partial charge in [-0.2, -0.15) is 18.3 Å². The summed E-state index contributed by atoms with van der Waals surface area (Å²) in [5.41, 5.74) is -0.0739. The van der Waals surface area contributed by atoms with Crippen LogP contribution in [0.3, 0.4) is 0 Å². The summed E-state index contributed by atoms with van der Waals surface area (Å²) in [6.07, 6.45) is -4.54. The molecule has 8 heteroatoms. The molecule has 0 spiro atoms. The number of hydrogen-bond donors (Lipinski definition) is 0. The second-order valence-electron chi connectivity index (χ2n) is 4.40. The SMILES string of the molecule is COCc1cc(C(F)(F)F)nn1-c1ccc(C(=O)OC)cc1. The number of alkyl halides is 3. The molecule has 0 aliphatic heterocycles. The zero-order chi connectivity index (χ0) is 16.3. The monoisotopic (exact) mass is 314 g/mol. The summed E-state index contributed by atoms with van der Waals surface area (Å²) in [5, 5.41) is 3.56. The van der Waals surface area contributed by atoms with E-state index >= 15 is 0 Å². The molecule has 5 nitrogen and oxygen atoms in total. The summed E-state index contributed by atoms with van der Waals surface area (Å²) >= 11 is 0. The van der Waals surface area contributed by atoms with Crippen molar-refractivity contribution in [1.29, 1.82) is 0 Å². The van der Waals surface area contributed by atoms with Gasteiger partial charge < -0.3 is 9.47 Å². The molecule has 0 saturated heterocycles. The molecule has 0 amide bonds. The maximum Gasteiger partial charge on any atom is 0.435 e. The minimum atomic E-state index is -4.54. The Morgan fingerprint density at radius 1 is 1.23 bits per heavy atom. The molecule has 2 aromatic rings. The highest BCUT2D eigenvalue weighted by Gasteiger charge is 2.35. The van der Waals surface area contributed by atoms with Crippen molar-refractivity contribution in [3.8, 4) is 5.69 Å². The zero-order valence-corrected chi connectivity index (χ0v) is 11.8. The molecule has 2 rings (SSSR count). The van der Waals surface area contributed by atoms with Gasteiger partial charge >= 0.3 is 12.1 Å². The molecule has 0 atom stereocenters. The lowest BCUT2D eigenvalue weighted by Crippen LogP contribution is -2.08. The fraction of sp³-hybridized carbons (Fsp3) is 0.286. The summed E-state index contributed by atoms with van der Waals surface area (Å²) in [5.74, 6) is -0.528. The number of aromatic nitrogens is 2. The van der Waals surface area contributed by atoms with E-state index in [0.29, 0.717) is 11.3 Å². The minimum absolute atomic E-state index is 0.0260. The fourth-order valence-electron chi connectivity index (χ4n) is 1.89. The van der Waals surface area contributed by atoms with Crippen LogP contribution in [0.15, 0.2) is 30.3 Å². The number of benzene rings is 1. The van der Waals surface area contributed by atoms with Gasteiger partial charge in [-0.25, -0.2) is 9.48 Å². The highest BCUT2D eigenvalue weighted by Crippen LogP contribution is 2.29. The summed E-state index contributed by atoms with van der Waals surface area (Å²) in [7, 11) is 2.63. The average Bonchev–Trinajstić information content (AvgIpc) is 2.91. The number of ether oxygens (including phenoxy) is 2. The molecule has 0 radical (unpaired) electrons. The highest BCUT2D eigenvalue weighted by molar-refractivity contribution is 5.89. The molecule has 1 aromatic carbocycles. The van der Waals surface area contributed by atoms with E-state index in [1.807, 2.05) is 0 Å². The third kappa shape index (κ3) is 3.28. The first-order valence-electron chi connectivity index (χ1n) is 6.20. The summed E-state index contributed by atoms with van der Waals surface area (Å²) < 4.78 is 48.9. The van der Waals surface area contributed by atoms with Gasteiger partial charge in [0.25, 0.3) is 0 Å². The van der Waals surface area contributed by atoms with E-state index in [-0.39, 0.29) is 12.3 Å². The van der Waals surface area contributed by atoms with Crippen LogP contribution >= 0.6 is 0 Å².